The van der Waals surface area contributed by atoms with E-state index < -0.39 is 23.5 Å². The fourth-order valence-electron chi connectivity index (χ4n) is 11.4. The summed E-state index contributed by atoms with van der Waals surface area (Å²) in [6, 6.07) is 18.8. The third-order valence-corrected chi connectivity index (χ3v) is 18.4. The Kier molecular flexibility index (Phi) is 28.2. The lowest BCUT2D eigenvalue weighted by molar-refractivity contribution is -0.139. The molecule has 0 radical (unpaired) electrons. The van der Waals surface area contributed by atoms with Crippen molar-refractivity contribution in [1.82, 2.24) is 35.7 Å². The van der Waals surface area contributed by atoms with Crippen LogP contribution in [-0.2, 0) is 60.8 Å². The summed E-state index contributed by atoms with van der Waals surface area (Å²) in [5.74, 6) is -1.61. The summed E-state index contributed by atoms with van der Waals surface area (Å²) in [6.07, 6.45) is 7.60. The van der Waals surface area contributed by atoms with Crippen molar-refractivity contribution in [3.8, 4) is 10.4 Å². The molecular formula is C67H94N8O12S2. The van der Waals surface area contributed by atoms with Crippen LogP contribution in [0.25, 0.3) is 20.7 Å². The molecule has 4 heterocycles. The van der Waals surface area contributed by atoms with Gasteiger partial charge in [0.1, 0.15) is 12.6 Å². The predicted octanol–water partition coefficient (Wildman–Crippen LogP) is 8.57. The van der Waals surface area contributed by atoms with Crippen LogP contribution < -0.4 is 26.2 Å². The fraction of sp³-hybridized carbons (Fsp3) is 0.582. The second kappa shape index (κ2) is 35.9. The molecule has 1 aliphatic heterocycles. The number of aromatic nitrogens is 2. The van der Waals surface area contributed by atoms with Gasteiger partial charge in [-0.15, -0.1) is 22.7 Å². The number of Topliss-reactive ketones (excluding diaryl/α,β-unsaturated/α-hetero) is 1. The minimum Gasteiger partial charge on any atom is -0.390 e. The number of anilines is 1. The van der Waals surface area contributed by atoms with E-state index in [1.165, 1.54) is 4.90 Å². The van der Waals surface area contributed by atoms with E-state index in [4.69, 9.17) is 18.9 Å². The van der Waals surface area contributed by atoms with Gasteiger partial charge in [0, 0.05) is 70.1 Å². The smallest absolute Gasteiger partial charge is 0.246 e. The molecular weight excluding hydrogens is 1170 g/mol. The number of ketones is 1. The van der Waals surface area contributed by atoms with Crippen LogP contribution in [0.2, 0.25) is 0 Å². The van der Waals surface area contributed by atoms with Gasteiger partial charge in [-0.05, 0) is 117 Å². The number of aryl methyl sites for hydroxylation is 2. The molecule has 89 heavy (non-hydrogen) atoms. The highest BCUT2D eigenvalue weighted by atomic mass is 32.1. The van der Waals surface area contributed by atoms with Crippen LogP contribution in [0.3, 0.4) is 0 Å². The number of nitrogens with zero attached hydrogens (tertiary/aromatic N) is 4. The van der Waals surface area contributed by atoms with Gasteiger partial charge in [0.05, 0.1) is 96.9 Å². The van der Waals surface area contributed by atoms with Crippen LogP contribution in [-0.4, -0.2) is 159 Å². The zero-order chi connectivity index (χ0) is 63.7. The fourth-order valence-corrected chi connectivity index (χ4v) is 13.1. The molecule has 3 aromatic heterocycles. The number of β-amino-alcohol motifs (C(OH)–C–C–N with tert-alkyl or cyclic N) is 1. The lowest BCUT2D eigenvalue weighted by atomic mass is 9.79. The number of benzene rings is 2. The molecule has 2 aliphatic rings. The van der Waals surface area contributed by atoms with Crippen LogP contribution in [0.1, 0.15) is 132 Å². The maximum absolute atomic E-state index is 13.8. The summed E-state index contributed by atoms with van der Waals surface area (Å²) in [6.45, 7) is 16.0. The van der Waals surface area contributed by atoms with Gasteiger partial charge in [-0.1, -0.05) is 76.4 Å². The zero-order valence-electron chi connectivity index (χ0n) is 53.0. The second-order valence-electron chi connectivity index (χ2n) is 24.4. The number of aliphatic hydroxyl groups is 1. The number of carbonyl (C=O) groups is 7. The molecule has 1 saturated carbocycles. The number of hydrogen-bond donors (Lipinski definition) is 5. The number of hydrogen-bond acceptors (Lipinski definition) is 15. The normalized spacial score (nSPS) is 17.1. The minimum atomic E-state index is -1.04. The number of aliphatic hydroxyl groups excluding tert-OH is 1. The molecule has 6 amide bonds. The van der Waals surface area contributed by atoms with Crippen LogP contribution >= 0.6 is 22.7 Å². The first-order chi connectivity index (χ1) is 42.9. The summed E-state index contributed by atoms with van der Waals surface area (Å²) in [5, 5.41) is 24.6. The van der Waals surface area contributed by atoms with Crippen LogP contribution in [0.4, 0.5) is 5.69 Å². The lowest BCUT2D eigenvalue weighted by Gasteiger charge is -2.33. The molecule has 20 nitrogen and oxygen atoms in total. The van der Waals surface area contributed by atoms with Gasteiger partial charge in [0.15, 0.2) is 5.78 Å². The number of nitrogens with one attached hydrogen (secondary N) is 4. The average Bonchev–Trinajstić information content (AvgIpc) is 1.84. The molecule has 0 spiro atoms. The molecule has 22 heteroatoms. The summed E-state index contributed by atoms with van der Waals surface area (Å²) in [5.41, 5.74) is 7.51. The van der Waals surface area contributed by atoms with Crippen molar-refractivity contribution in [3.05, 3.63) is 94.1 Å². The number of amides is 6. The number of thiazole rings is 1. The average molecular weight is 1270 g/mol. The maximum Gasteiger partial charge on any atom is 0.246 e. The molecule has 7 rings (SSSR count). The van der Waals surface area contributed by atoms with E-state index in [-0.39, 0.29) is 98.9 Å². The van der Waals surface area contributed by atoms with Gasteiger partial charge in [0.25, 0.3) is 0 Å². The van der Waals surface area contributed by atoms with E-state index in [9.17, 15) is 38.7 Å². The Balaban J connectivity index is 0.628. The van der Waals surface area contributed by atoms with Gasteiger partial charge in [0.2, 0.25) is 35.4 Å². The number of likely N-dealkylation sites (N-methyl/N-ethyl adjacent to an activating group) is 1. The van der Waals surface area contributed by atoms with Gasteiger partial charge < -0.3 is 59.7 Å². The second-order valence-corrected chi connectivity index (χ2v) is 26.2. The number of thiophene rings is 1. The van der Waals surface area contributed by atoms with Crippen LogP contribution in [0.15, 0.2) is 71.6 Å². The van der Waals surface area contributed by atoms with E-state index in [1.807, 2.05) is 118 Å². The summed E-state index contributed by atoms with van der Waals surface area (Å²) < 4.78 is 25.2. The topological polar surface area (TPSA) is 249 Å². The number of fused-ring (bicyclic) bond motifs is 1. The Bertz CT molecular complexity index is 3070. The molecule has 1 aliphatic carbocycles. The first kappa shape index (κ1) is 70.1. The minimum absolute atomic E-state index is 0.00336. The molecule has 5 N–H and O–H groups in total. The van der Waals surface area contributed by atoms with E-state index >= 15 is 0 Å². The Labute approximate surface area is 532 Å². The molecule has 5 aromatic rings. The molecule has 2 aromatic carbocycles. The monoisotopic (exact) mass is 1270 g/mol. The van der Waals surface area contributed by atoms with Crippen molar-refractivity contribution in [2.75, 3.05) is 90.5 Å². The summed E-state index contributed by atoms with van der Waals surface area (Å²) in [7, 11) is 0. The van der Waals surface area contributed by atoms with E-state index in [2.05, 4.69) is 26.3 Å². The Morgan fingerprint density at radius 3 is 2.09 bits per heavy atom. The Morgan fingerprint density at radius 1 is 0.730 bits per heavy atom. The molecule has 0 unspecified atom stereocenters. The number of ether oxygens (including phenoxy) is 4. The van der Waals surface area contributed by atoms with Gasteiger partial charge >= 0.3 is 0 Å². The highest BCUT2D eigenvalue weighted by molar-refractivity contribution is 7.17. The van der Waals surface area contributed by atoms with Gasteiger partial charge in [-0.25, -0.2) is 4.98 Å². The molecule has 1 saturated heterocycles. The maximum atomic E-state index is 13.8. The predicted molar refractivity (Wildman–Crippen MR) is 347 cm³/mol. The number of unbranched alkanes of at least 4 members (excludes halogenated alkanes) is 4. The standard InChI is InChI=1S/C67H94N8O12S2/c1-7-74(52-15-13-14-46(2)38-52)61(80)44-75-54-26-37-88-58(54)40-55(75)56(76)39-48-17-23-51(24-18-48)64(81)69-27-12-10-8-9-11-16-59(78)68-28-30-85-32-34-87-36-35-86-33-31-84-29-25-60(79)72-63(67(4,5)6)66(83)73-42-53(57(77)43-73)65(82)70-41-49-19-21-50(22-20-49)62-47(3)71-45-89-62/h13-15,19-22,26,37-38,40,45,48,51,53,57,63,77H,7-12,16-18,23-25,27-36,39,41-44H2,1-6H3,(H,68,78)(H,69,81)(H,70,82)(H,72,79)/t48?,51?,53-,57-,63+/m1/s1. The van der Waals surface area contributed by atoms with Crippen molar-refractivity contribution in [2.45, 2.75) is 144 Å². The summed E-state index contributed by atoms with van der Waals surface area (Å²) >= 11 is 3.14. The molecule has 486 valence electrons. The highest BCUT2D eigenvalue weighted by Gasteiger charge is 2.43. The third-order valence-electron chi connectivity index (χ3n) is 16.5. The van der Waals surface area contributed by atoms with Crippen molar-refractivity contribution >= 4 is 79.8 Å². The number of rotatable bonds is 37. The van der Waals surface area contributed by atoms with Gasteiger partial charge in [-0.3, -0.25) is 33.6 Å². The quantitative estimate of drug-likeness (QED) is 0.0185. The third kappa shape index (κ3) is 21.9. The molecule has 2 fully saturated rings. The van der Waals surface area contributed by atoms with Gasteiger partial charge in [-0.2, -0.15) is 0 Å². The molecule has 0 bridgehead atoms. The van der Waals surface area contributed by atoms with E-state index in [0.717, 1.165) is 101 Å². The molecule has 3 atom stereocenters. The number of likely N-dealkylation sites (tertiary alicyclic amines) is 1. The SMILES string of the molecule is CCN(C(=O)Cn1c(C(=O)CC2CCC(C(=O)NCCCCCCCC(=O)NCCOCCOCCOCCOCCC(=O)N[C@@H](C(=O)N3C[C@@H](O)[C@H](C(=O)NCc4ccc(-c5scnc5C)cc4)C3)C(C)(C)C)CC2)cc2sccc21)c1cccc(C)c1. The summed E-state index contributed by atoms with van der Waals surface area (Å²) in [4.78, 5) is 101. The van der Waals surface area contributed by atoms with Crippen molar-refractivity contribution in [3.63, 3.8) is 0 Å². The highest BCUT2D eigenvalue weighted by Crippen LogP contribution is 2.34. The van der Waals surface area contributed by atoms with Crippen molar-refractivity contribution < 1.29 is 57.6 Å². The zero-order valence-corrected chi connectivity index (χ0v) is 54.6. The Morgan fingerprint density at radius 2 is 1.42 bits per heavy atom. The lowest BCUT2D eigenvalue weighted by Crippen LogP contribution is -2.54. The van der Waals surface area contributed by atoms with Crippen LogP contribution in [0.5, 0.6) is 0 Å². The van der Waals surface area contributed by atoms with Crippen molar-refractivity contribution in [1.29, 1.82) is 0 Å². The first-order valence-corrected chi connectivity index (χ1v) is 33.5. The van der Waals surface area contributed by atoms with E-state index in [0.29, 0.717) is 77.8 Å². The van der Waals surface area contributed by atoms with E-state index in [1.54, 1.807) is 27.6 Å². The Hall–Kier alpha value is -6.40. The largest absolute Gasteiger partial charge is 0.390 e. The first-order valence-electron chi connectivity index (χ1n) is 31.8. The van der Waals surface area contributed by atoms with Crippen LogP contribution in [0, 0.1) is 37.0 Å². The number of carbonyl (C=O) groups excluding carboxylic acids is 7. The van der Waals surface area contributed by atoms with Crippen molar-refractivity contribution in [2.24, 2.45) is 23.2 Å².